The van der Waals surface area contributed by atoms with Crippen LogP contribution in [-0.4, -0.2) is 34.7 Å². The molecule has 0 atom stereocenters. The second-order valence-corrected chi connectivity index (χ2v) is 5.55. The van der Waals surface area contributed by atoms with Crippen molar-refractivity contribution in [3.8, 4) is 0 Å². The number of fused-ring (bicyclic) bond motifs is 1. The van der Waals surface area contributed by atoms with Crippen molar-refractivity contribution in [1.82, 2.24) is 25.8 Å². The highest BCUT2D eigenvalue weighted by Gasteiger charge is 2.04. The zero-order chi connectivity index (χ0) is 16.1. The molecule has 7 heteroatoms. The summed E-state index contributed by atoms with van der Waals surface area (Å²) in [6, 6.07) is 8.45. The Balaban J connectivity index is 0.00000208. The van der Waals surface area contributed by atoms with Crippen LogP contribution in [0, 0.1) is 6.92 Å². The Hall–Kier alpha value is -2.03. The zero-order valence-electron chi connectivity index (χ0n) is 13.9. The van der Waals surface area contributed by atoms with Gasteiger partial charge in [0.15, 0.2) is 5.96 Å². The number of H-pyrrole nitrogens is 2. The van der Waals surface area contributed by atoms with Gasteiger partial charge in [0, 0.05) is 36.9 Å². The van der Waals surface area contributed by atoms with Gasteiger partial charge in [0.25, 0.3) is 0 Å². The van der Waals surface area contributed by atoms with Gasteiger partial charge in [0.2, 0.25) is 0 Å². The summed E-state index contributed by atoms with van der Waals surface area (Å²) in [6.45, 7) is 3.60. The zero-order valence-corrected chi connectivity index (χ0v) is 16.2. The van der Waals surface area contributed by atoms with Gasteiger partial charge in [0.05, 0.1) is 12.2 Å². The molecule has 3 aromatic rings. The lowest BCUT2D eigenvalue weighted by molar-refractivity contribution is 0.781. The van der Waals surface area contributed by atoms with Gasteiger partial charge in [-0.25, -0.2) is 0 Å². The van der Waals surface area contributed by atoms with Crippen LogP contribution in [0.4, 0.5) is 0 Å². The molecule has 0 saturated heterocycles. The lowest BCUT2D eigenvalue weighted by atomic mass is 10.1. The monoisotopic (exact) mass is 438 g/mol. The van der Waals surface area contributed by atoms with Gasteiger partial charge in [-0.15, -0.1) is 24.0 Å². The van der Waals surface area contributed by atoms with Gasteiger partial charge in [-0.1, -0.05) is 12.1 Å². The fourth-order valence-electron chi connectivity index (χ4n) is 2.61. The number of hydrogen-bond acceptors (Lipinski definition) is 2. The molecule has 3 rings (SSSR count). The Bertz CT molecular complexity index is 791. The van der Waals surface area contributed by atoms with E-state index in [1.165, 1.54) is 22.0 Å². The molecule has 0 amide bonds. The van der Waals surface area contributed by atoms with E-state index in [1.54, 1.807) is 13.2 Å². The molecule has 6 nitrogen and oxygen atoms in total. The fourth-order valence-corrected chi connectivity index (χ4v) is 2.61. The standard InChI is InChI=1S/C17H22N6.HI/c1-12-3-4-15-13(10-20-16(15)9-12)5-7-19-17(18-2)21-11-14-6-8-22-23-14;/h3-4,6,8-10,20H,5,7,11H2,1-2H3,(H,22,23)(H2,18,19,21);1H. The summed E-state index contributed by atoms with van der Waals surface area (Å²) >= 11 is 0. The number of guanidine groups is 1. The van der Waals surface area contributed by atoms with Crippen LogP contribution in [0.15, 0.2) is 41.7 Å². The van der Waals surface area contributed by atoms with E-state index in [-0.39, 0.29) is 24.0 Å². The first-order valence-electron chi connectivity index (χ1n) is 7.75. The molecule has 0 unspecified atom stereocenters. The maximum absolute atomic E-state index is 4.23. The van der Waals surface area contributed by atoms with Crippen LogP contribution in [0.5, 0.6) is 0 Å². The second kappa shape index (κ2) is 8.72. The molecule has 0 spiro atoms. The Labute approximate surface area is 158 Å². The predicted octanol–water partition coefficient (Wildman–Crippen LogP) is 2.73. The maximum Gasteiger partial charge on any atom is 0.191 e. The number of rotatable bonds is 5. The molecule has 24 heavy (non-hydrogen) atoms. The number of aryl methyl sites for hydroxylation is 1. The molecule has 0 fully saturated rings. The number of halogens is 1. The number of aliphatic imine (C=N–C) groups is 1. The predicted molar refractivity (Wildman–Crippen MR) is 109 cm³/mol. The summed E-state index contributed by atoms with van der Waals surface area (Å²) in [4.78, 5) is 7.57. The van der Waals surface area contributed by atoms with Crippen LogP contribution >= 0.6 is 24.0 Å². The minimum absolute atomic E-state index is 0. The van der Waals surface area contributed by atoms with Crippen LogP contribution in [0.1, 0.15) is 16.8 Å². The van der Waals surface area contributed by atoms with E-state index >= 15 is 0 Å². The summed E-state index contributed by atoms with van der Waals surface area (Å²) in [6.07, 6.45) is 4.77. The Morgan fingerprint density at radius 1 is 1.25 bits per heavy atom. The molecule has 0 aliphatic carbocycles. The van der Waals surface area contributed by atoms with Crippen LogP contribution in [0.25, 0.3) is 10.9 Å². The van der Waals surface area contributed by atoms with E-state index < -0.39 is 0 Å². The van der Waals surface area contributed by atoms with Crippen molar-refractivity contribution >= 4 is 40.8 Å². The van der Waals surface area contributed by atoms with Crippen LogP contribution < -0.4 is 10.6 Å². The van der Waals surface area contributed by atoms with Crippen molar-refractivity contribution in [3.05, 3.63) is 53.5 Å². The fraction of sp³-hybridized carbons (Fsp3) is 0.294. The van der Waals surface area contributed by atoms with E-state index in [0.29, 0.717) is 6.54 Å². The lowest BCUT2D eigenvalue weighted by Gasteiger charge is -2.10. The second-order valence-electron chi connectivity index (χ2n) is 5.55. The Kier molecular flexibility index (Phi) is 6.65. The summed E-state index contributed by atoms with van der Waals surface area (Å²) < 4.78 is 0. The first kappa shape index (κ1) is 18.3. The quantitative estimate of drug-likeness (QED) is 0.281. The average molecular weight is 438 g/mol. The van der Waals surface area contributed by atoms with Crippen molar-refractivity contribution in [3.63, 3.8) is 0 Å². The van der Waals surface area contributed by atoms with E-state index in [0.717, 1.165) is 24.6 Å². The summed E-state index contributed by atoms with van der Waals surface area (Å²) in [5.41, 5.74) is 4.81. The molecular weight excluding hydrogens is 415 g/mol. The molecule has 0 aliphatic rings. The van der Waals surface area contributed by atoms with Gasteiger partial charge < -0.3 is 15.6 Å². The SMILES string of the molecule is CN=C(NCCc1c[nH]c2cc(C)ccc12)NCc1ccn[nH]1.I. The van der Waals surface area contributed by atoms with Crippen molar-refractivity contribution in [2.45, 2.75) is 19.9 Å². The third kappa shape index (κ3) is 4.50. The highest BCUT2D eigenvalue weighted by molar-refractivity contribution is 14.0. The number of aromatic amines is 2. The maximum atomic E-state index is 4.23. The van der Waals surface area contributed by atoms with Gasteiger partial charge in [-0.3, -0.25) is 10.1 Å². The van der Waals surface area contributed by atoms with Crippen molar-refractivity contribution in [2.24, 2.45) is 4.99 Å². The van der Waals surface area contributed by atoms with E-state index in [9.17, 15) is 0 Å². The Morgan fingerprint density at radius 2 is 2.12 bits per heavy atom. The molecule has 0 radical (unpaired) electrons. The van der Waals surface area contributed by atoms with Crippen molar-refractivity contribution in [2.75, 3.05) is 13.6 Å². The van der Waals surface area contributed by atoms with E-state index in [1.807, 2.05) is 6.07 Å². The normalized spacial score (nSPS) is 11.3. The molecule has 128 valence electrons. The van der Waals surface area contributed by atoms with Crippen LogP contribution in [0.3, 0.4) is 0 Å². The van der Waals surface area contributed by atoms with Crippen molar-refractivity contribution < 1.29 is 0 Å². The largest absolute Gasteiger partial charge is 0.361 e. The molecule has 0 saturated carbocycles. The minimum Gasteiger partial charge on any atom is -0.361 e. The molecule has 0 aliphatic heterocycles. The number of aromatic nitrogens is 3. The third-order valence-electron chi connectivity index (χ3n) is 3.84. The average Bonchev–Trinajstić information content (AvgIpc) is 3.20. The highest BCUT2D eigenvalue weighted by Crippen LogP contribution is 2.19. The van der Waals surface area contributed by atoms with E-state index in [4.69, 9.17) is 0 Å². The summed E-state index contributed by atoms with van der Waals surface area (Å²) in [5, 5.41) is 14.7. The minimum atomic E-state index is 0. The number of hydrogen-bond donors (Lipinski definition) is 4. The molecule has 0 bridgehead atoms. The van der Waals surface area contributed by atoms with Gasteiger partial charge in [-0.2, -0.15) is 5.10 Å². The first-order valence-corrected chi connectivity index (χ1v) is 7.75. The van der Waals surface area contributed by atoms with E-state index in [2.05, 4.69) is 62.1 Å². The number of nitrogens with zero attached hydrogens (tertiary/aromatic N) is 2. The van der Waals surface area contributed by atoms with Crippen LogP contribution in [-0.2, 0) is 13.0 Å². The number of nitrogens with one attached hydrogen (secondary N) is 4. The molecule has 4 N–H and O–H groups in total. The topological polar surface area (TPSA) is 80.9 Å². The van der Waals surface area contributed by atoms with Gasteiger partial charge in [0.1, 0.15) is 0 Å². The molecule has 1 aromatic carbocycles. The number of benzene rings is 1. The van der Waals surface area contributed by atoms with Gasteiger partial charge in [-0.05, 0) is 36.6 Å². The Morgan fingerprint density at radius 3 is 2.88 bits per heavy atom. The van der Waals surface area contributed by atoms with Crippen LogP contribution in [0.2, 0.25) is 0 Å². The molecular formula is C17H23IN6. The lowest BCUT2D eigenvalue weighted by Crippen LogP contribution is -2.37. The molecule has 2 aromatic heterocycles. The highest BCUT2D eigenvalue weighted by atomic mass is 127. The summed E-state index contributed by atoms with van der Waals surface area (Å²) in [5.74, 6) is 0.787. The van der Waals surface area contributed by atoms with Gasteiger partial charge >= 0.3 is 0 Å². The summed E-state index contributed by atoms with van der Waals surface area (Å²) in [7, 11) is 1.77. The third-order valence-corrected chi connectivity index (χ3v) is 3.84. The van der Waals surface area contributed by atoms with Crippen molar-refractivity contribution in [1.29, 1.82) is 0 Å². The molecule has 2 heterocycles. The first-order chi connectivity index (χ1) is 11.3. The smallest absolute Gasteiger partial charge is 0.191 e.